The van der Waals surface area contributed by atoms with E-state index in [4.69, 9.17) is 5.11 Å². The summed E-state index contributed by atoms with van der Waals surface area (Å²) in [5.74, 6) is 0.644. The van der Waals surface area contributed by atoms with Crippen LogP contribution in [0.3, 0.4) is 0 Å². The number of phenols is 1. The third kappa shape index (κ3) is 4.34. The van der Waals surface area contributed by atoms with Gasteiger partial charge in [-0.15, -0.1) is 0 Å². The summed E-state index contributed by atoms with van der Waals surface area (Å²) in [6, 6.07) is 7.26. The van der Waals surface area contributed by atoms with Crippen molar-refractivity contribution in [2.75, 3.05) is 0 Å². The Kier molecular flexibility index (Phi) is 4.63. The topological polar surface area (TPSA) is 40.5 Å². The van der Waals surface area contributed by atoms with E-state index in [1.165, 1.54) is 5.56 Å². The van der Waals surface area contributed by atoms with Gasteiger partial charge in [-0.3, -0.25) is 0 Å². The average Bonchev–Trinajstić information content (AvgIpc) is 2.20. The van der Waals surface area contributed by atoms with Crippen LogP contribution in [0.4, 0.5) is 0 Å². The summed E-state index contributed by atoms with van der Waals surface area (Å²) < 4.78 is 0. The molecule has 1 aromatic carbocycles. The largest absolute Gasteiger partial charge is 0.508 e. The minimum Gasteiger partial charge on any atom is -0.508 e. The third-order valence-corrected chi connectivity index (χ3v) is 2.67. The highest BCUT2D eigenvalue weighted by atomic mass is 16.3. The van der Waals surface area contributed by atoms with Gasteiger partial charge in [0.25, 0.3) is 0 Å². The smallest absolute Gasteiger partial charge is 0.115 e. The van der Waals surface area contributed by atoms with E-state index < -0.39 is 0 Å². The number of aryl methyl sites for hydroxylation is 1. The van der Waals surface area contributed by atoms with Crippen LogP contribution in [0.5, 0.6) is 5.75 Å². The zero-order valence-corrected chi connectivity index (χ0v) is 9.48. The highest BCUT2D eigenvalue weighted by Gasteiger charge is 2.08. The maximum atomic E-state index is 9.61. The number of rotatable bonds is 5. The zero-order valence-electron chi connectivity index (χ0n) is 9.48. The summed E-state index contributed by atoms with van der Waals surface area (Å²) in [6.07, 6.45) is 2.61. The van der Waals surface area contributed by atoms with Gasteiger partial charge >= 0.3 is 0 Å². The van der Waals surface area contributed by atoms with Crippen LogP contribution >= 0.6 is 0 Å². The van der Waals surface area contributed by atoms with Crippen LogP contribution in [0, 0.1) is 5.92 Å². The van der Waals surface area contributed by atoms with Crippen LogP contribution in [-0.4, -0.2) is 16.3 Å². The Labute approximate surface area is 91.6 Å². The van der Waals surface area contributed by atoms with E-state index in [1.807, 2.05) is 26.0 Å². The number of hydrogen-bond acceptors (Lipinski definition) is 2. The molecule has 84 valence electrons. The maximum Gasteiger partial charge on any atom is 0.115 e. The lowest BCUT2D eigenvalue weighted by molar-refractivity contribution is 0.114. The van der Waals surface area contributed by atoms with Crippen LogP contribution in [-0.2, 0) is 6.42 Å². The maximum absolute atomic E-state index is 9.61. The van der Waals surface area contributed by atoms with E-state index in [-0.39, 0.29) is 6.10 Å². The molecule has 1 rings (SSSR count). The summed E-state index contributed by atoms with van der Waals surface area (Å²) in [5.41, 5.74) is 1.21. The predicted octanol–water partition coefficient (Wildman–Crippen LogP) is 2.73. The van der Waals surface area contributed by atoms with Crippen LogP contribution in [0.25, 0.3) is 0 Å². The van der Waals surface area contributed by atoms with Crippen LogP contribution in [0.2, 0.25) is 0 Å². The molecule has 0 aliphatic rings. The fraction of sp³-hybridized carbons (Fsp3) is 0.538. The molecule has 0 aliphatic heterocycles. The molecule has 2 nitrogen and oxygen atoms in total. The predicted molar refractivity (Wildman–Crippen MR) is 61.9 cm³/mol. The standard InChI is InChI=1S/C13H20O2/c1-10(2)13(15)5-3-4-11-6-8-12(14)9-7-11/h6-10,13-15H,3-5H2,1-2H3. The summed E-state index contributed by atoms with van der Waals surface area (Å²) in [6.45, 7) is 4.07. The molecule has 15 heavy (non-hydrogen) atoms. The molecule has 0 fully saturated rings. The molecule has 2 heteroatoms. The lowest BCUT2D eigenvalue weighted by Crippen LogP contribution is -2.14. The molecule has 0 aliphatic carbocycles. The number of aliphatic hydroxyl groups excluding tert-OH is 1. The van der Waals surface area contributed by atoms with Crippen molar-refractivity contribution in [3.05, 3.63) is 29.8 Å². The Morgan fingerprint density at radius 2 is 1.73 bits per heavy atom. The van der Waals surface area contributed by atoms with Gasteiger partial charge in [-0.05, 0) is 42.9 Å². The van der Waals surface area contributed by atoms with E-state index in [0.29, 0.717) is 11.7 Å². The summed E-state index contributed by atoms with van der Waals surface area (Å²) >= 11 is 0. The number of phenolic OH excluding ortho intramolecular Hbond substituents is 1. The molecule has 1 atom stereocenters. The van der Waals surface area contributed by atoms with Crippen molar-refractivity contribution in [3.63, 3.8) is 0 Å². The Balaban J connectivity index is 2.29. The molecule has 1 unspecified atom stereocenters. The van der Waals surface area contributed by atoms with E-state index in [2.05, 4.69) is 0 Å². The van der Waals surface area contributed by atoms with Crippen molar-refractivity contribution in [1.29, 1.82) is 0 Å². The zero-order chi connectivity index (χ0) is 11.3. The second-order valence-corrected chi connectivity index (χ2v) is 4.37. The van der Waals surface area contributed by atoms with Crippen LogP contribution < -0.4 is 0 Å². The molecule has 1 aromatic rings. The molecule has 0 saturated heterocycles. The first-order chi connectivity index (χ1) is 7.09. The Morgan fingerprint density at radius 3 is 2.27 bits per heavy atom. The SMILES string of the molecule is CC(C)C(O)CCCc1ccc(O)cc1. The van der Waals surface area contributed by atoms with Gasteiger partial charge in [0.2, 0.25) is 0 Å². The van der Waals surface area contributed by atoms with Crippen molar-refractivity contribution in [3.8, 4) is 5.75 Å². The van der Waals surface area contributed by atoms with Gasteiger partial charge in [0.15, 0.2) is 0 Å². The summed E-state index contributed by atoms with van der Waals surface area (Å²) in [5, 5.41) is 18.7. The molecule has 0 radical (unpaired) electrons. The Hall–Kier alpha value is -1.02. The van der Waals surface area contributed by atoms with Gasteiger partial charge in [-0.25, -0.2) is 0 Å². The second-order valence-electron chi connectivity index (χ2n) is 4.37. The quantitative estimate of drug-likeness (QED) is 0.781. The lowest BCUT2D eigenvalue weighted by Gasteiger charge is -2.13. The third-order valence-electron chi connectivity index (χ3n) is 2.67. The molecule has 0 bridgehead atoms. The average molecular weight is 208 g/mol. The first-order valence-corrected chi connectivity index (χ1v) is 5.55. The van der Waals surface area contributed by atoms with Gasteiger partial charge in [-0.2, -0.15) is 0 Å². The Morgan fingerprint density at radius 1 is 1.13 bits per heavy atom. The fourth-order valence-electron chi connectivity index (χ4n) is 1.51. The molecule has 0 heterocycles. The normalized spacial score (nSPS) is 13.1. The molecule has 0 aromatic heterocycles. The van der Waals surface area contributed by atoms with Crippen molar-refractivity contribution in [2.45, 2.75) is 39.2 Å². The van der Waals surface area contributed by atoms with Crippen molar-refractivity contribution in [2.24, 2.45) is 5.92 Å². The number of aromatic hydroxyl groups is 1. The minimum absolute atomic E-state index is 0.192. The van der Waals surface area contributed by atoms with E-state index >= 15 is 0 Å². The first kappa shape index (κ1) is 12.1. The Bertz CT molecular complexity index is 277. The number of benzene rings is 1. The molecule has 0 amide bonds. The van der Waals surface area contributed by atoms with Crippen LogP contribution in [0.15, 0.2) is 24.3 Å². The number of aliphatic hydroxyl groups is 1. The molecular formula is C13H20O2. The molecule has 2 N–H and O–H groups in total. The summed E-state index contributed by atoms with van der Waals surface area (Å²) in [4.78, 5) is 0. The van der Waals surface area contributed by atoms with Gasteiger partial charge in [0.1, 0.15) is 5.75 Å². The first-order valence-electron chi connectivity index (χ1n) is 5.55. The molecule has 0 spiro atoms. The van der Waals surface area contributed by atoms with E-state index in [9.17, 15) is 5.11 Å². The van der Waals surface area contributed by atoms with Gasteiger partial charge in [0.05, 0.1) is 6.10 Å². The van der Waals surface area contributed by atoms with Gasteiger partial charge in [-0.1, -0.05) is 26.0 Å². The highest BCUT2D eigenvalue weighted by molar-refractivity contribution is 5.25. The summed E-state index contributed by atoms with van der Waals surface area (Å²) in [7, 11) is 0. The second kappa shape index (κ2) is 5.76. The van der Waals surface area contributed by atoms with Crippen molar-refractivity contribution < 1.29 is 10.2 Å². The van der Waals surface area contributed by atoms with E-state index in [0.717, 1.165) is 19.3 Å². The fourth-order valence-corrected chi connectivity index (χ4v) is 1.51. The lowest BCUT2D eigenvalue weighted by atomic mass is 9.99. The monoisotopic (exact) mass is 208 g/mol. The number of hydrogen-bond donors (Lipinski definition) is 2. The molecule has 0 saturated carbocycles. The highest BCUT2D eigenvalue weighted by Crippen LogP contribution is 2.14. The molecular weight excluding hydrogens is 188 g/mol. The van der Waals surface area contributed by atoms with Gasteiger partial charge < -0.3 is 10.2 Å². The van der Waals surface area contributed by atoms with Crippen molar-refractivity contribution in [1.82, 2.24) is 0 Å². The van der Waals surface area contributed by atoms with E-state index in [1.54, 1.807) is 12.1 Å². The van der Waals surface area contributed by atoms with Crippen molar-refractivity contribution >= 4 is 0 Å². The van der Waals surface area contributed by atoms with Crippen LogP contribution in [0.1, 0.15) is 32.3 Å². The minimum atomic E-state index is -0.192. The van der Waals surface area contributed by atoms with Gasteiger partial charge in [0, 0.05) is 0 Å².